The first-order valence-electron chi connectivity index (χ1n) is 18.7. The van der Waals surface area contributed by atoms with Crippen LogP contribution in [0.4, 0.5) is 0 Å². The number of nitrogens with zero attached hydrogens (tertiary/aromatic N) is 1. The summed E-state index contributed by atoms with van der Waals surface area (Å²) in [5.41, 5.74) is -0.707. The fraction of sp³-hybridized carbons (Fsp3) is 0.825. The molecule has 0 radical (unpaired) electrons. The standard InChI is InChI=1S/C40H59NO7/c1-23(2)30-25(42)21-40(32(44)33(45)41-19-10-20-41)18-17-38(8)24(31(30)40)11-12-27-37(7)15-14-28(48-29(43)22-35(3,4)34(46)47)36(5,6)26(37)13-16-39(27,38)9/h23-24,26-28H,10-22H2,1-9H3,(H,46,47)/t24-,26?,27-,28+,37+,38-,39-,40-/m1/s1. The highest BCUT2D eigenvalue weighted by atomic mass is 16.5. The summed E-state index contributed by atoms with van der Waals surface area (Å²) in [7, 11) is 0. The first-order chi connectivity index (χ1) is 22.2. The molecule has 0 bridgehead atoms. The van der Waals surface area contributed by atoms with Crippen LogP contribution in [0.1, 0.15) is 133 Å². The summed E-state index contributed by atoms with van der Waals surface area (Å²) in [4.78, 5) is 68.0. The molecule has 1 N–H and O–H groups in total. The van der Waals surface area contributed by atoms with Gasteiger partial charge in [0.05, 0.1) is 17.3 Å². The lowest BCUT2D eigenvalue weighted by molar-refractivity contribution is -0.233. The highest BCUT2D eigenvalue weighted by molar-refractivity contribution is 6.40. The molecule has 8 heteroatoms. The van der Waals surface area contributed by atoms with Crippen LogP contribution in [0, 0.1) is 56.2 Å². The molecular formula is C40H59NO7. The van der Waals surface area contributed by atoms with Gasteiger partial charge in [-0.15, -0.1) is 0 Å². The summed E-state index contributed by atoms with van der Waals surface area (Å²) in [6.45, 7) is 20.4. The lowest BCUT2D eigenvalue weighted by Crippen LogP contribution is -2.66. The number of carboxylic acids is 1. The zero-order chi connectivity index (χ0) is 35.4. The molecule has 5 fully saturated rings. The number of aliphatic carboxylic acids is 1. The normalized spacial score (nSPS) is 40.3. The minimum Gasteiger partial charge on any atom is -0.481 e. The lowest BCUT2D eigenvalue weighted by atomic mass is 9.33. The van der Waals surface area contributed by atoms with Gasteiger partial charge >= 0.3 is 11.9 Å². The van der Waals surface area contributed by atoms with Crippen LogP contribution >= 0.6 is 0 Å². The van der Waals surface area contributed by atoms with Gasteiger partial charge < -0.3 is 14.7 Å². The smallest absolute Gasteiger partial charge is 0.309 e. The molecule has 1 amide bonds. The summed E-state index contributed by atoms with van der Waals surface area (Å²) >= 11 is 0. The Morgan fingerprint density at radius 3 is 2.15 bits per heavy atom. The predicted molar refractivity (Wildman–Crippen MR) is 182 cm³/mol. The Balaban J connectivity index is 1.31. The molecule has 0 aromatic heterocycles. The molecule has 8 nitrogen and oxygen atoms in total. The Kier molecular flexibility index (Phi) is 8.28. The second-order valence-electron chi connectivity index (χ2n) is 19.0. The Morgan fingerprint density at radius 1 is 0.896 bits per heavy atom. The fourth-order valence-electron chi connectivity index (χ4n) is 12.6. The second kappa shape index (κ2) is 11.2. The number of Topliss-reactive ketones (excluding diaryl/α,β-unsaturated/α-hetero) is 2. The number of carbonyl (C=O) groups is 5. The third kappa shape index (κ3) is 4.76. The third-order valence-electron chi connectivity index (χ3n) is 15.6. The first-order valence-corrected chi connectivity index (χ1v) is 18.7. The van der Waals surface area contributed by atoms with Crippen molar-refractivity contribution in [3.63, 3.8) is 0 Å². The van der Waals surface area contributed by atoms with E-state index in [1.807, 2.05) is 0 Å². The van der Waals surface area contributed by atoms with Crippen LogP contribution in [-0.2, 0) is 28.7 Å². The molecule has 8 atom stereocenters. The van der Waals surface area contributed by atoms with Crippen LogP contribution in [0.5, 0.6) is 0 Å². The van der Waals surface area contributed by atoms with E-state index in [-0.39, 0.29) is 69.9 Å². The van der Waals surface area contributed by atoms with Crippen molar-refractivity contribution in [1.82, 2.24) is 4.90 Å². The number of esters is 1. The number of hydrogen-bond acceptors (Lipinski definition) is 6. The molecule has 1 heterocycles. The molecule has 5 aliphatic carbocycles. The summed E-state index contributed by atoms with van der Waals surface area (Å²) in [6, 6.07) is 0. The highest BCUT2D eigenvalue weighted by Crippen LogP contribution is 2.76. The van der Waals surface area contributed by atoms with Gasteiger partial charge in [-0.25, -0.2) is 0 Å². The zero-order valence-corrected chi connectivity index (χ0v) is 30.9. The van der Waals surface area contributed by atoms with Gasteiger partial charge in [-0.05, 0) is 123 Å². The van der Waals surface area contributed by atoms with E-state index in [9.17, 15) is 29.1 Å². The van der Waals surface area contributed by atoms with Crippen molar-refractivity contribution in [3.8, 4) is 0 Å². The maximum atomic E-state index is 14.3. The van der Waals surface area contributed by atoms with Crippen LogP contribution in [0.25, 0.3) is 0 Å². The van der Waals surface area contributed by atoms with E-state index in [1.165, 1.54) is 0 Å². The molecule has 0 aromatic carbocycles. The number of likely N-dealkylation sites (tertiary alicyclic amines) is 1. The van der Waals surface area contributed by atoms with Gasteiger partial charge in [0.2, 0.25) is 5.78 Å². The topological polar surface area (TPSA) is 118 Å². The third-order valence-corrected chi connectivity index (χ3v) is 15.6. The second-order valence-corrected chi connectivity index (χ2v) is 19.0. The largest absolute Gasteiger partial charge is 0.481 e. The Hall–Kier alpha value is -2.51. The van der Waals surface area contributed by atoms with Crippen LogP contribution < -0.4 is 0 Å². The maximum Gasteiger partial charge on any atom is 0.309 e. The van der Waals surface area contributed by atoms with Crippen molar-refractivity contribution >= 4 is 29.4 Å². The molecule has 0 spiro atoms. The summed E-state index contributed by atoms with van der Waals surface area (Å²) in [6.07, 6.45) is 7.67. The number of hydrogen-bond donors (Lipinski definition) is 1. The minimum atomic E-state index is -1.18. The molecule has 4 saturated carbocycles. The monoisotopic (exact) mass is 665 g/mol. The van der Waals surface area contributed by atoms with Crippen molar-refractivity contribution in [2.75, 3.05) is 13.1 Å². The quantitative estimate of drug-likeness (QED) is 0.226. The first kappa shape index (κ1) is 35.3. The Morgan fingerprint density at radius 2 is 1.56 bits per heavy atom. The molecule has 0 aromatic rings. The summed E-state index contributed by atoms with van der Waals surface area (Å²) in [5.74, 6) is -1.25. The van der Waals surface area contributed by atoms with Gasteiger partial charge in [0.1, 0.15) is 6.10 Å². The van der Waals surface area contributed by atoms with Crippen molar-refractivity contribution in [3.05, 3.63) is 11.1 Å². The average Bonchev–Trinajstić information content (AvgIpc) is 3.26. The Bertz CT molecular complexity index is 1470. The number of ketones is 2. The molecular weight excluding hydrogens is 606 g/mol. The molecule has 266 valence electrons. The van der Waals surface area contributed by atoms with E-state index >= 15 is 0 Å². The van der Waals surface area contributed by atoms with Crippen LogP contribution in [0.15, 0.2) is 11.1 Å². The van der Waals surface area contributed by atoms with Crippen LogP contribution in [0.3, 0.4) is 0 Å². The minimum absolute atomic E-state index is 0.00211. The predicted octanol–water partition coefficient (Wildman–Crippen LogP) is 7.18. The fourth-order valence-corrected chi connectivity index (χ4v) is 12.6. The number of carbonyl (C=O) groups excluding carboxylic acids is 4. The van der Waals surface area contributed by atoms with Gasteiger partial charge in [-0.1, -0.05) is 48.5 Å². The van der Waals surface area contributed by atoms with Crippen LogP contribution in [-0.4, -0.2) is 58.6 Å². The van der Waals surface area contributed by atoms with E-state index in [0.29, 0.717) is 31.3 Å². The highest BCUT2D eigenvalue weighted by Gasteiger charge is 2.71. The van der Waals surface area contributed by atoms with E-state index in [2.05, 4.69) is 48.5 Å². The Labute approximate surface area is 287 Å². The maximum absolute atomic E-state index is 14.3. The number of ether oxygens (including phenoxy) is 1. The van der Waals surface area contributed by atoms with Crippen LogP contribution in [0.2, 0.25) is 0 Å². The van der Waals surface area contributed by atoms with Crippen molar-refractivity contribution in [1.29, 1.82) is 0 Å². The van der Waals surface area contributed by atoms with Gasteiger partial charge in [0.15, 0.2) is 5.78 Å². The number of carboxylic acid groups (broad SMARTS) is 1. The van der Waals surface area contributed by atoms with Gasteiger partial charge in [-0.3, -0.25) is 24.0 Å². The summed E-state index contributed by atoms with van der Waals surface area (Å²) in [5, 5.41) is 9.57. The number of amides is 1. The molecule has 48 heavy (non-hydrogen) atoms. The summed E-state index contributed by atoms with van der Waals surface area (Å²) < 4.78 is 6.12. The van der Waals surface area contributed by atoms with E-state index in [1.54, 1.807) is 18.7 Å². The molecule has 1 saturated heterocycles. The molecule has 6 aliphatic rings. The van der Waals surface area contributed by atoms with Gasteiger partial charge in [0, 0.05) is 24.9 Å². The number of fused-ring (bicyclic) bond motifs is 7. The molecule has 1 aliphatic heterocycles. The van der Waals surface area contributed by atoms with E-state index in [0.717, 1.165) is 62.5 Å². The average molecular weight is 666 g/mol. The van der Waals surface area contributed by atoms with Crippen molar-refractivity contribution in [2.24, 2.45) is 56.2 Å². The lowest BCUT2D eigenvalue weighted by Gasteiger charge is -2.72. The number of rotatable bonds is 7. The number of allylic oxidation sites excluding steroid dienone is 2. The molecule has 6 rings (SSSR count). The van der Waals surface area contributed by atoms with Gasteiger partial charge in [0.25, 0.3) is 5.91 Å². The zero-order valence-electron chi connectivity index (χ0n) is 30.9. The van der Waals surface area contributed by atoms with Gasteiger partial charge in [-0.2, -0.15) is 0 Å². The van der Waals surface area contributed by atoms with Crippen molar-refractivity contribution < 1.29 is 33.8 Å². The van der Waals surface area contributed by atoms with E-state index < -0.39 is 22.8 Å². The SMILES string of the molecule is CC(C)C1=C2[C@H]3CC[C@@H]4[C@@]5(C)CC[C@H](OC(=O)CC(C)(C)C(=O)O)C(C)(C)C5CC[C@@]4(C)[C@]3(C)CC[C@@]2(C(=O)C(=O)N2CCC2)CC1=O. The van der Waals surface area contributed by atoms with E-state index in [4.69, 9.17) is 4.74 Å². The molecule has 1 unspecified atom stereocenters. The van der Waals surface area contributed by atoms with Crippen molar-refractivity contribution in [2.45, 2.75) is 139 Å².